The van der Waals surface area contributed by atoms with Crippen LogP contribution in [0.5, 0.6) is 0 Å². The smallest absolute Gasteiger partial charge is 0.309 e. The van der Waals surface area contributed by atoms with Gasteiger partial charge in [-0.1, -0.05) is 55.8 Å². The van der Waals surface area contributed by atoms with Gasteiger partial charge in [0.1, 0.15) is 0 Å². The first kappa shape index (κ1) is 14.1. The molecule has 110 valence electrons. The third-order valence-electron chi connectivity index (χ3n) is 5.15. The molecule has 2 heteroatoms. The van der Waals surface area contributed by atoms with Crippen molar-refractivity contribution < 1.29 is 9.90 Å². The largest absolute Gasteiger partial charge is 0.481 e. The minimum atomic E-state index is -0.619. The fourth-order valence-corrected chi connectivity index (χ4v) is 3.83. The minimum absolute atomic E-state index is 0.565. The Bertz CT molecular complexity index is 656. The Morgan fingerprint density at radius 2 is 2.00 bits per heavy atom. The van der Waals surface area contributed by atoms with E-state index < -0.39 is 11.4 Å². The Morgan fingerprint density at radius 3 is 2.71 bits per heavy atom. The Kier molecular flexibility index (Phi) is 3.71. The fourth-order valence-electron chi connectivity index (χ4n) is 3.83. The molecule has 0 heterocycles. The van der Waals surface area contributed by atoms with Crippen molar-refractivity contribution in [3.8, 4) is 0 Å². The molecule has 1 fully saturated rings. The van der Waals surface area contributed by atoms with Gasteiger partial charge < -0.3 is 5.11 Å². The average Bonchev–Trinajstić information content (AvgIpc) is 2.92. The minimum Gasteiger partial charge on any atom is -0.481 e. The van der Waals surface area contributed by atoms with Gasteiger partial charge in [-0.25, -0.2) is 0 Å². The number of hydrogen-bond donors (Lipinski definition) is 1. The standard InChI is InChI=1S/C19H22O2/c1-2-14-10-11-19(12-14,18(20)21)13-16-8-5-7-15-6-3-4-9-17(15)16/h3-9,14H,2,10-13H2,1H3,(H,20,21). The van der Waals surface area contributed by atoms with E-state index >= 15 is 0 Å². The highest BCUT2D eigenvalue weighted by Gasteiger charge is 2.44. The summed E-state index contributed by atoms with van der Waals surface area (Å²) < 4.78 is 0. The average molecular weight is 282 g/mol. The lowest BCUT2D eigenvalue weighted by atomic mass is 9.78. The van der Waals surface area contributed by atoms with Crippen molar-refractivity contribution >= 4 is 16.7 Å². The third-order valence-corrected chi connectivity index (χ3v) is 5.15. The Hall–Kier alpha value is -1.83. The SMILES string of the molecule is CCC1CCC(Cc2cccc3ccccc23)(C(=O)O)C1. The predicted molar refractivity (Wildman–Crippen MR) is 85.4 cm³/mol. The van der Waals surface area contributed by atoms with E-state index in [0.717, 1.165) is 25.7 Å². The van der Waals surface area contributed by atoms with Crippen LogP contribution in [0.1, 0.15) is 38.2 Å². The van der Waals surface area contributed by atoms with Gasteiger partial charge in [0.25, 0.3) is 0 Å². The fraction of sp³-hybridized carbons (Fsp3) is 0.421. The Labute approximate surface area is 125 Å². The van der Waals surface area contributed by atoms with Crippen LogP contribution in [0.25, 0.3) is 10.8 Å². The maximum atomic E-state index is 11.9. The van der Waals surface area contributed by atoms with Crippen molar-refractivity contribution in [1.29, 1.82) is 0 Å². The molecule has 0 bridgehead atoms. The molecule has 0 aliphatic heterocycles. The highest BCUT2D eigenvalue weighted by Crippen LogP contribution is 2.46. The maximum Gasteiger partial charge on any atom is 0.309 e. The lowest BCUT2D eigenvalue weighted by Crippen LogP contribution is -2.30. The summed E-state index contributed by atoms with van der Waals surface area (Å²) in [5.41, 5.74) is 0.609. The highest BCUT2D eigenvalue weighted by molar-refractivity contribution is 5.86. The second-order valence-electron chi connectivity index (χ2n) is 6.42. The van der Waals surface area contributed by atoms with E-state index in [4.69, 9.17) is 0 Å². The number of rotatable bonds is 4. The number of fused-ring (bicyclic) bond motifs is 1. The quantitative estimate of drug-likeness (QED) is 0.885. The van der Waals surface area contributed by atoms with Crippen molar-refractivity contribution in [3.05, 3.63) is 48.0 Å². The van der Waals surface area contributed by atoms with E-state index in [2.05, 4.69) is 31.2 Å². The van der Waals surface area contributed by atoms with Crippen molar-refractivity contribution in [1.82, 2.24) is 0 Å². The van der Waals surface area contributed by atoms with E-state index in [1.54, 1.807) is 0 Å². The van der Waals surface area contributed by atoms with E-state index in [1.807, 2.05) is 18.2 Å². The molecule has 0 spiro atoms. The van der Waals surface area contributed by atoms with Crippen LogP contribution in [0, 0.1) is 11.3 Å². The molecule has 2 nitrogen and oxygen atoms in total. The zero-order chi connectivity index (χ0) is 14.9. The van der Waals surface area contributed by atoms with Gasteiger partial charge >= 0.3 is 5.97 Å². The molecule has 2 atom stereocenters. The molecule has 2 aromatic carbocycles. The summed E-state index contributed by atoms with van der Waals surface area (Å²) in [5, 5.41) is 12.2. The number of carbonyl (C=O) groups is 1. The van der Waals surface area contributed by atoms with Gasteiger partial charge in [0.2, 0.25) is 0 Å². The Morgan fingerprint density at radius 1 is 1.24 bits per heavy atom. The number of carboxylic acid groups (broad SMARTS) is 1. The second kappa shape index (κ2) is 5.51. The number of hydrogen-bond acceptors (Lipinski definition) is 1. The molecular weight excluding hydrogens is 260 g/mol. The van der Waals surface area contributed by atoms with Crippen molar-refractivity contribution in [2.24, 2.45) is 11.3 Å². The lowest BCUT2D eigenvalue weighted by Gasteiger charge is -2.25. The molecule has 21 heavy (non-hydrogen) atoms. The molecule has 3 rings (SSSR count). The van der Waals surface area contributed by atoms with Crippen molar-refractivity contribution in [3.63, 3.8) is 0 Å². The first-order valence-corrected chi connectivity index (χ1v) is 7.85. The molecule has 0 amide bonds. The summed E-state index contributed by atoms with van der Waals surface area (Å²) in [5.74, 6) is -0.0533. The summed E-state index contributed by atoms with van der Waals surface area (Å²) in [7, 11) is 0. The summed E-state index contributed by atoms with van der Waals surface area (Å²) in [6, 6.07) is 14.5. The zero-order valence-electron chi connectivity index (χ0n) is 12.5. The van der Waals surface area contributed by atoms with E-state index in [-0.39, 0.29) is 0 Å². The highest BCUT2D eigenvalue weighted by atomic mass is 16.4. The third kappa shape index (κ3) is 2.55. The summed E-state index contributed by atoms with van der Waals surface area (Å²) in [4.78, 5) is 11.9. The van der Waals surface area contributed by atoms with Crippen LogP contribution in [-0.2, 0) is 11.2 Å². The summed E-state index contributed by atoms with van der Waals surface area (Å²) in [6.07, 6.45) is 4.42. The van der Waals surface area contributed by atoms with Gasteiger partial charge in [0, 0.05) is 0 Å². The van der Waals surface area contributed by atoms with E-state index in [0.29, 0.717) is 12.3 Å². The normalized spacial score (nSPS) is 25.3. The van der Waals surface area contributed by atoms with Crippen LogP contribution < -0.4 is 0 Å². The van der Waals surface area contributed by atoms with Crippen LogP contribution in [0.2, 0.25) is 0 Å². The van der Waals surface area contributed by atoms with Gasteiger partial charge in [0.15, 0.2) is 0 Å². The van der Waals surface area contributed by atoms with Gasteiger partial charge in [-0.2, -0.15) is 0 Å². The predicted octanol–water partition coefficient (Wildman–Crippen LogP) is 4.66. The molecule has 1 aliphatic rings. The van der Waals surface area contributed by atoms with Gasteiger partial charge in [-0.05, 0) is 47.9 Å². The van der Waals surface area contributed by atoms with Gasteiger partial charge in [0.05, 0.1) is 5.41 Å². The first-order valence-electron chi connectivity index (χ1n) is 7.85. The van der Waals surface area contributed by atoms with Crippen LogP contribution in [0.4, 0.5) is 0 Å². The topological polar surface area (TPSA) is 37.3 Å². The maximum absolute atomic E-state index is 11.9. The molecular formula is C19H22O2. The summed E-state index contributed by atoms with van der Waals surface area (Å²) in [6.45, 7) is 2.17. The molecule has 1 saturated carbocycles. The molecule has 1 N–H and O–H groups in total. The Balaban J connectivity index is 1.98. The first-order chi connectivity index (χ1) is 10.1. The lowest BCUT2D eigenvalue weighted by molar-refractivity contribution is -0.148. The van der Waals surface area contributed by atoms with Gasteiger partial charge in [-0.15, -0.1) is 0 Å². The van der Waals surface area contributed by atoms with Crippen LogP contribution in [-0.4, -0.2) is 11.1 Å². The number of carboxylic acids is 1. The van der Waals surface area contributed by atoms with Crippen LogP contribution >= 0.6 is 0 Å². The van der Waals surface area contributed by atoms with E-state index in [1.165, 1.54) is 16.3 Å². The van der Waals surface area contributed by atoms with Crippen LogP contribution in [0.3, 0.4) is 0 Å². The number of benzene rings is 2. The molecule has 0 saturated heterocycles. The molecule has 0 aromatic heterocycles. The molecule has 0 radical (unpaired) electrons. The second-order valence-corrected chi connectivity index (χ2v) is 6.42. The monoisotopic (exact) mass is 282 g/mol. The van der Waals surface area contributed by atoms with Crippen molar-refractivity contribution in [2.45, 2.75) is 39.0 Å². The molecule has 2 unspecified atom stereocenters. The van der Waals surface area contributed by atoms with E-state index in [9.17, 15) is 9.90 Å². The van der Waals surface area contributed by atoms with Gasteiger partial charge in [-0.3, -0.25) is 4.79 Å². The van der Waals surface area contributed by atoms with Crippen molar-refractivity contribution in [2.75, 3.05) is 0 Å². The molecule has 2 aromatic rings. The number of aliphatic carboxylic acids is 1. The molecule has 1 aliphatic carbocycles. The van der Waals surface area contributed by atoms with Crippen LogP contribution in [0.15, 0.2) is 42.5 Å². The zero-order valence-corrected chi connectivity index (χ0v) is 12.5. The summed E-state index contributed by atoms with van der Waals surface area (Å²) >= 11 is 0.